The summed E-state index contributed by atoms with van der Waals surface area (Å²) in [4.78, 5) is 16.3. The van der Waals surface area contributed by atoms with Gasteiger partial charge in [0.15, 0.2) is 5.96 Å². The van der Waals surface area contributed by atoms with E-state index in [0.717, 1.165) is 17.0 Å². The van der Waals surface area contributed by atoms with Gasteiger partial charge in [-0.2, -0.15) is 0 Å². The fourth-order valence-electron chi connectivity index (χ4n) is 2.70. The highest BCUT2D eigenvalue weighted by atomic mass is 16.5. The minimum atomic E-state index is -0.0975. The number of hydrogen-bond donors (Lipinski definition) is 3. The van der Waals surface area contributed by atoms with Crippen molar-refractivity contribution in [2.24, 2.45) is 10.7 Å². The molecule has 6 heteroatoms. The lowest BCUT2D eigenvalue weighted by Crippen LogP contribution is -2.23. The number of amides is 1. The number of nitrogens with zero attached hydrogens (tertiary/aromatic N) is 1. The number of nitrogens with two attached hydrogens (primary N) is 1. The van der Waals surface area contributed by atoms with Crippen LogP contribution in [-0.2, 0) is 6.54 Å². The molecule has 3 rings (SSSR count). The van der Waals surface area contributed by atoms with E-state index in [4.69, 9.17) is 10.5 Å². The zero-order valence-electron chi connectivity index (χ0n) is 16.3. The minimum absolute atomic E-state index is 0.0975. The van der Waals surface area contributed by atoms with Crippen LogP contribution < -0.4 is 21.1 Å². The molecular weight excluding hydrogens is 364 g/mol. The molecule has 0 saturated carbocycles. The normalized spacial score (nSPS) is 11.0. The largest absolute Gasteiger partial charge is 0.457 e. The molecule has 0 unspecified atom stereocenters. The molecule has 0 saturated heterocycles. The molecule has 0 atom stereocenters. The van der Waals surface area contributed by atoms with Crippen LogP contribution in [0.5, 0.6) is 11.5 Å². The first-order valence-corrected chi connectivity index (χ1v) is 9.41. The zero-order valence-corrected chi connectivity index (χ0v) is 16.3. The van der Waals surface area contributed by atoms with Crippen molar-refractivity contribution in [2.75, 3.05) is 11.9 Å². The number of aliphatic imine (C=N–C) groups is 1. The summed E-state index contributed by atoms with van der Waals surface area (Å²) >= 11 is 0. The average Bonchev–Trinajstić information content (AvgIpc) is 2.74. The first kappa shape index (κ1) is 19.9. The van der Waals surface area contributed by atoms with Gasteiger partial charge in [0.1, 0.15) is 11.5 Å². The van der Waals surface area contributed by atoms with E-state index in [2.05, 4.69) is 15.6 Å². The van der Waals surface area contributed by atoms with E-state index in [-0.39, 0.29) is 11.9 Å². The van der Waals surface area contributed by atoms with Crippen LogP contribution in [0.15, 0.2) is 83.9 Å². The maximum absolute atomic E-state index is 11.9. The van der Waals surface area contributed by atoms with Gasteiger partial charge in [-0.25, -0.2) is 4.99 Å². The molecule has 0 heterocycles. The van der Waals surface area contributed by atoms with Crippen molar-refractivity contribution in [1.82, 2.24) is 5.32 Å². The molecule has 0 aliphatic carbocycles. The van der Waals surface area contributed by atoms with Crippen molar-refractivity contribution in [2.45, 2.75) is 13.5 Å². The van der Waals surface area contributed by atoms with Crippen LogP contribution in [0.25, 0.3) is 0 Å². The van der Waals surface area contributed by atoms with Crippen molar-refractivity contribution < 1.29 is 9.53 Å². The van der Waals surface area contributed by atoms with Gasteiger partial charge in [0.2, 0.25) is 0 Å². The molecule has 29 heavy (non-hydrogen) atoms. The van der Waals surface area contributed by atoms with Gasteiger partial charge >= 0.3 is 0 Å². The highest BCUT2D eigenvalue weighted by molar-refractivity contribution is 5.94. The quantitative estimate of drug-likeness (QED) is 0.419. The lowest BCUT2D eigenvalue weighted by atomic mass is 10.1. The zero-order chi connectivity index (χ0) is 20.5. The maximum atomic E-state index is 11.9. The molecule has 3 aromatic carbocycles. The number of anilines is 1. The first-order chi connectivity index (χ1) is 14.1. The number of carbonyl (C=O) groups excluding carboxylic acids is 1. The van der Waals surface area contributed by atoms with E-state index < -0.39 is 0 Å². The van der Waals surface area contributed by atoms with Gasteiger partial charge in [0, 0.05) is 23.9 Å². The lowest BCUT2D eigenvalue weighted by Gasteiger charge is -2.09. The number of para-hydroxylation sites is 1. The Balaban J connectivity index is 1.62. The van der Waals surface area contributed by atoms with Gasteiger partial charge < -0.3 is 21.1 Å². The Labute approximate surface area is 170 Å². The number of carbonyl (C=O) groups is 1. The fraction of sp³-hybridized carbons (Fsp3) is 0.130. The second-order valence-corrected chi connectivity index (χ2v) is 6.33. The topological polar surface area (TPSA) is 88.7 Å². The second-order valence-electron chi connectivity index (χ2n) is 6.33. The first-order valence-electron chi connectivity index (χ1n) is 9.41. The highest BCUT2D eigenvalue weighted by Crippen LogP contribution is 2.23. The highest BCUT2D eigenvalue weighted by Gasteiger charge is 2.05. The molecule has 1 amide bonds. The van der Waals surface area contributed by atoms with Crippen LogP contribution >= 0.6 is 0 Å². The summed E-state index contributed by atoms with van der Waals surface area (Å²) < 4.78 is 5.83. The standard InChI is InChI=1S/C23H24N4O2/c1-2-25-22(28)18-9-6-8-17(14-18)16-26-23(24)27-19-10-7-13-21(15-19)29-20-11-4-3-5-12-20/h3-15H,2,16H2,1H3,(H,25,28)(H3,24,26,27). The lowest BCUT2D eigenvalue weighted by molar-refractivity contribution is 0.0955. The van der Waals surface area contributed by atoms with Crippen molar-refractivity contribution in [3.8, 4) is 11.5 Å². The molecular formula is C23H24N4O2. The van der Waals surface area contributed by atoms with E-state index in [1.54, 1.807) is 6.07 Å². The summed E-state index contributed by atoms with van der Waals surface area (Å²) in [5.41, 5.74) is 8.31. The van der Waals surface area contributed by atoms with Gasteiger partial charge in [0.25, 0.3) is 5.91 Å². The molecule has 0 bridgehead atoms. The third-order valence-electron chi connectivity index (χ3n) is 4.04. The van der Waals surface area contributed by atoms with Gasteiger partial charge in [-0.05, 0) is 48.9 Å². The average molecular weight is 388 g/mol. The van der Waals surface area contributed by atoms with Crippen LogP contribution in [0.2, 0.25) is 0 Å². The fourth-order valence-corrected chi connectivity index (χ4v) is 2.70. The molecule has 0 aromatic heterocycles. The van der Waals surface area contributed by atoms with E-state index in [1.165, 1.54) is 0 Å². The van der Waals surface area contributed by atoms with E-state index >= 15 is 0 Å². The Morgan fingerprint density at radius 1 is 0.966 bits per heavy atom. The van der Waals surface area contributed by atoms with Gasteiger partial charge in [-0.3, -0.25) is 4.79 Å². The summed E-state index contributed by atoms with van der Waals surface area (Å²) in [6.07, 6.45) is 0. The monoisotopic (exact) mass is 388 g/mol. The molecule has 0 aliphatic heterocycles. The predicted octanol–water partition coefficient (Wildman–Crippen LogP) is 4.16. The molecule has 6 nitrogen and oxygen atoms in total. The number of hydrogen-bond acceptors (Lipinski definition) is 3. The molecule has 148 valence electrons. The smallest absolute Gasteiger partial charge is 0.251 e. The van der Waals surface area contributed by atoms with Gasteiger partial charge in [0.05, 0.1) is 6.54 Å². The summed E-state index contributed by atoms with van der Waals surface area (Å²) in [5.74, 6) is 1.65. The van der Waals surface area contributed by atoms with Crippen LogP contribution in [0, 0.1) is 0 Å². The predicted molar refractivity (Wildman–Crippen MR) is 116 cm³/mol. The molecule has 0 fully saturated rings. The molecule has 4 N–H and O–H groups in total. The molecule has 0 radical (unpaired) electrons. The number of benzene rings is 3. The van der Waals surface area contributed by atoms with E-state index in [1.807, 2.05) is 79.7 Å². The Hall–Kier alpha value is -3.80. The minimum Gasteiger partial charge on any atom is -0.457 e. The third-order valence-corrected chi connectivity index (χ3v) is 4.04. The van der Waals surface area contributed by atoms with Gasteiger partial charge in [-0.15, -0.1) is 0 Å². The van der Waals surface area contributed by atoms with Crippen LogP contribution in [0.1, 0.15) is 22.8 Å². The molecule has 0 spiro atoms. The van der Waals surface area contributed by atoms with Crippen molar-refractivity contribution in [3.05, 3.63) is 90.0 Å². The van der Waals surface area contributed by atoms with Crippen LogP contribution in [-0.4, -0.2) is 18.4 Å². The molecule has 3 aromatic rings. The van der Waals surface area contributed by atoms with E-state index in [0.29, 0.717) is 24.4 Å². The summed E-state index contributed by atoms with van der Waals surface area (Å²) in [6, 6.07) is 24.4. The number of rotatable bonds is 7. The van der Waals surface area contributed by atoms with Crippen molar-refractivity contribution in [3.63, 3.8) is 0 Å². The Kier molecular flexibility index (Phi) is 6.84. The number of guanidine groups is 1. The SMILES string of the molecule is CCNC(=O)c1cccc(CN=C(N)Nc2cccc(Oc3ccccc3)c2)c1. The Morgan fingerprint density at radius 2 is 1.72 bits per heavy atom. The third kappa shape index (κ3) is 6.10. The molecule has 0 aliphatic rings. The Bertz CT molecular complexity index is 987. The van der Waals surface area contributed by atoms with Crippen molar-refractivity contribution >= 4 is 17.6 Å². The second kappa shape index (κ2) is 9.94. The summed E-state index contributed by atoms with van der Waals surface area (Å²) in [5, 5.41) is 5.85. The number of nitrogens with one attached hydrogen (secondary N) is 2. The maximum Gasteiger partial charge on any atom is 0.251 e. The van der Waals surface area contributed by atoms with Crippen molar-refractivity contribution in [1.29, 1.82) is 0 Å². The number of ether oxygens (including phenoxy) is 1. The van der Waals surface area contributed by atoms with Crippen LogP contribution in [0.3, 0.4) is 0 Å². The Morgan fingerprint density at radius 3 is 2.52 bits per heavy atom. The van der Waals surface area contributed by atoms with Crippen LogP contribution in [0.4, 0.5) is 5.69 Å². The summed E-state index contributed by atoms with van der Waals surface area (Å²) in [6.45, 7) is 2.84. The summed E-state index contributed by atoms with van der Waals surface area (Å²) in [7, 11) is 0. The van der Waals surface area contributed by atoms with E-state index in [9.17, 15) is 4.79 Å². The van der Waals surface area contributed by atoms with Gasteiger partial charge in [-0.1, -0.05) is 36.4 Å².